The summed E-state index contributed by atoms with van der Waals surface area (Å²) in [5.41, 5.74) is 0.116. The van der Waals surface area contributed by atoms with Crippen LogP contribution in [-0.4, -0.2) is 39.1 Å². The normalized spacial score (nSPS) is 21.2. The second-order valence-corrected chi connectivity index (χ2v) is 4.79. The second kappa shape index (κ2) is 4.47. The third-order valence-corrected chi connectivity index (χ3v) is 3.45. The van der Waals surface area contributed by atoms with E-state index >= 15 is 0 Å². The van der Waals surface area contributed by atoms with Crippen molar-refractivity contribution in [1.82, 2.24) is 14.9 Å². The first kappa shape index (κ1) is 11.5. The molecule has 0 bridgehead atoms. The number of aromatic nitrogens is 2. The van der Waals surface area contributed by atoms with Crippen LogP contribution in [0.15, 0.2) is 18.7 Å². The summed E-state index contributed by atoms with van der Waals surface area (Å²) < 4.78 is 0. The van der Waals surface area contributed by atoms with Gasteiger partial charge in [0.25, 0.3) is 0 Å². The summed E-state index contributed by atoms with van der Waals surface area (Å²) in [4.78, 5) is 10.3. The average molecular weight is 221 g/mol. The predicted molar refractivity (Wildman–Crippen MR) is 61.9 cm³/mol. The van der Waals surface area contributed by atoms with Crippen LogP contribution in [-0.2, 0) is 5.60 Å². The molecule has 0 radical (unpaired) electrons. The van der Waals surface area contributed by atoms with Gasteiger partial charge in [0.1, 0.15) is 6.33 Å². The van der Waals surface area contributed by atoms with E-state index in [9.17, 15) is 5.11 Å². The van der Waals surface area contributed by atoms with Crippen LogP contribution in [0.5, 0.6) is 0 Å². The molecule has 16 heavy (non-hydrogen) atoms. The molecule has 4 nitrogen and oxygen atoms in total. The number of rotatable bonds is 2. The summed E-state index contributed by atoms with van der Waals surface area (Å²) in [6, 6.07) is 0.552. The fourth-order valence-corrected chi connectivity index (χ4v) is 2.24. The fourth-order valence-electron chi connectivity index (χ4n) is 2.24. The predicted octanol–water partition coefficient (Wildman–Crippen LogP) is 1.17. The molecule has 0 atom stereocenters. The second-order valence-electron chi connectivity index (χ2n) is 4.79. The van der Waals surface area contributed by atoms with Crippen LogP contribution < -0.4 is 0 Å². The van der Waals surface area contributed by atoms with Gasteiger partial charge in [0.05, 0.1) is 5.60 Å². The van der Waals surface area contributed by atoms with Crippen LogP contribution >= 0.6 is 0 Å². The fraction of sp³-hybridized carbons (Fsp3) is 0.667. The Hall–Kier alpha value is -1.00. The van der Waals surface area contributed by atoms with Crippen LogP contribution in [0.25, 0.3) is 0 Å². The van der Waals surface area contributed by atoms with Gasteiger partial charge in [-0.25, -0.2) is 9.97 Å². The lowest BCUT2D eigenvalue weighted by molar-refractivity contribution is -0.0328. The minimum absolute atomic E-state index is 0.552. The molecule has 1 aromatic heterocycles. The molecule has 1 aromatic rings. The Morgan fingerprint density at radius 3 is 2.31 bits per heavy atom. The van der Waals surface area contributed by atoms with Crippen molar-refractivity contribution in [2.75, 3.05) is 13.1 Å². The van der Waals surface area contributed by atoms with Crippen molar-refractivity contribution < 1.29 is 5.11 Å². The Balaban J connectivity index is 2.07. The lowest BCUT2D eigenvalue weighted by Gasteiger charge is -2.39. The molecule has 1 fully saturated rings. The molecule has 1 aliphatic rings. The Morgan fingerprint density at radius 1 is 1.25 bits per heavy atom. The summed E-state index contributed by atoms with van der Waals surface area (Å²) in [5, 5.41) is 10.5. The largest absolute Gasteiger partial charge is 0.385 e. The summed E-state index contributed by atoms with van der Waals surface area (Å²) in [5.74, 6) is 0. The molecule has 0 aliphatic carbocycles. The average Bonchev–Trinajstić information content (AvgIpc) is 2.31. The van der Waals surface area contributed by atoms with Crippen LogP contribution in [0, 0.1) is 0 Å². The molecule has 0 amide bonds. The van der Waals surface area contributed by atoms with E-state index in [1.165, 1.54) is 6.33 Å². The molecule has 2 heterocycles. The van der Waals surface area contributed by atoms with Crippen molar-refractivity contribution in [2.24, 2.45) is 0 Å². The minimum Gasteiger partial charge on any atom is -0.385 e. The number of nitrogens with zero attached hydrogens (tertiary/aromatic N) is 3. The Bertz CT molecular complexity index is 331. The van der Waals surface area contributed by atoms with Gasteiger partial charge in [0.15, 0.2) is 0 Å². The summed E-state index contributed by atoms with van der Waals surface area (Å²) in [6.07, 6.45) is 6.46. The molecular formula is C12H19N3O. The smallest absolute Gasteiger partial charge is 0.115 e. The molecule has 0 spiro atoms. The van der Waals surface area contributed by atoms with Crippen molar-refractivity contribution in [3.8, 4) is 0 Å². The zero-order valence-electron chi connectivity index (χ0n) is 9.93. The minimum atomic E-state index is -0.730. The number of likely N-dealkylation sites (tertiary alicyclic amines) is 1. The van der Waals surface area contributed by atoms with E-state index in [-0.39, 0.29) is 0 Å². The maximum absolute atomic E-state index is 10.5. The van der Waals surface area contributed by atoms with Crippen molar-refractivity contribution in [3.63, 3.8) is 0 Å². The van der Waals surface area contributed by atoms with Crippen molar-refractivity contribution in [3.05, 3.63) is 24.3 Å². The zero-order chi connectivity index (χ0) is 11.6. The maximum atomic E-state index is 10.5. The van der Waals surface area contributed by atoms with Crippen LogP contribution in [0.1, 0.15) is 32.3 Å². The van der Waals surface area contributed by atoms with E-state index in [4.69, 9.17) is 0 Å². The van der Waals surface area contributed by atoms with E-state index in [1.54, 1.807) is 12.4 Å². The Kier molecular flexibility index (Phi) is 3.21. The highest BCUT2D eigenvalue weighted by Crippen LogP contribution is 2.32. The van der Waals surface area contributed by atoms with Gasteiger partial charge in [0.2, 0.25) is 0 Å². The van der Waals surface area contributed by atoms with E-state index in [2.05, 4.69) is 28.7 Å². The van der Waals surface area contributed by atoms with E-state index in [0.717, 1.165) is 31.5 Å². The number of piperidine rings is 1. The van der Waals surface area contributed by atoms with Gasteiger partial charge in [-0.2, -0.15) is 0 Å². The van der Waals surface area contributed by atoms with Gasteiger partial charge in [-0.3, -0.25) is 0 Å². The number of hydrogen-bond donors (Lipinski definition) is 1. The first-order chi connectivity index (χ1) is 7.62. The van der Waals surface area contributed by atoms with Gasteiger partial charge in [0, 0.05) is 37.1 Å². The van der Waals surface area contributed by atoms with Gasteiger partial charge in [-0.1, -0.05) is 0 Å². The van der Waals surface area contributed by atoms with Gasteiger partial charge >= 0.3 is 0 Å². The van der Waals surface area contributed by atoms with Crippen molar-refractivity contribution >= 4 is 0 Å². The monoisotopic (exact) mass is 221 g/mol. The lowest BCUT2D eigenvalue weighted by Crippen LogP contribution is -2.45. The van der Waals surface area contributed by atoms with Crippen molar-refractivity contribution in [1.29, 1.82) is 0 Å². The first-order valence-corrected chi connectivity index (χ1v) is 5.84. The topological polar surface area (TPSA) is 49.2 Å². The van der Waals surface area contributed by atoms with Crippen molar-refractivity contribution in [2.45, 2.75) is 38.3 Å². The molecule has 0 aromatic carbocycles. The summed E-state index contributed by atoms with van der Waals surface area (Å²) in [7, 11) is 0. The standard InChI is InChI=1S/C12H19N3O/c1-10(2)15-5-3-12(16,4-6-15)11-7-13-9-14-8-11/h7-10,16H,3-6H2,1-2H3. The molecule has 0 saturated carbocycles. The summed E-state index contributed by atoms with van der Waals surface area (Å²) in [6.45, 7) is 6.25. The van der Waals surface area contributed by atoms with E-state index in [0.29, 0.717) is 6.04 Å². The lowest BCUT2D eigenvalue weighted by atomic mass is 9.85. The van der Waals surface area contributed by atoms with E-state index in [1.807, 2.05) is 0 Å². The van der Waals surface area contributed by atoms with Crippen LogP contribution in [0.3, 0.4) is 0 Å². The molecule has 2 rings (SSSR count). The molecule has 0 unspecified atom stereocenters. The quantitative estimate of drug-likeness (QED) is 0.814. The highest BCUT2D eigenvalue weighted by Gasteiger charge is 2.34. The zero-order valence-corrected chi connectivity index (χ0v) is 9.93. The molecule has 1 N–H and O–H groups in total. The Morgan fingerprint density at radius 2 is 1.81 bits per heavy atom. The molecule has 1 aliphatic heterocycles. The molecule has 1 saturated heterocycles. The van der Waals surface area contributed by atoms with Crippen LogP contribution in [0.2, 0.25) is 0 Å². The highest BCUT2D eigenvalue weighted by molar-refractivity contribution is 5.15. The number of aliphatic hydroxyl groups is 1. The van der Waals surface area contributed by atoms with Gasteiger partial charge < -0.3 is 10.0 Å². The summed E-state index contributed by atoms with van der Waals surface area (Å²) >= 11 is 0. The van der Waals surface area contributed by atoms with E-state index < -0.39 is 5.60 Å². The molecular weight excluding hydrogens is 202 g/mol. The third kappa shape index (κ3) is 2.23. The molecule has 88 valence electrons. The SMILES string of the molecule is CC(C)N1CCC(O)(c2cncnc2)CC1. The Labute approximate surface area is 96.3 Å². The highest BCUT2D eigenvalue weighted by atomic mass is 16.3. The third-order valence-electron chi connectivity index (χ3n) is 3.45. The number of hydrogen-bond acceptors (Lipinski definition) is 4. The van der Waals surface area contributed by atoms with Crippen LogP contribution in [0.4, 0.5) is 0 Å². The van der Waals surface area contributed by atoms with Gasteiger partial charge in [-0.05, 0) is 26.7 Å². The van der Waals surface area contributed by atoms with Gasteiger partial charge in [-0.15, -0.1) is 0 Å². The maximum Gasteiger partial charge on any atom is 0.115 e. The first-order valence-electron chi connectivity index (χ1n) is 5.84. The molecule has 4 heteroatoms.